The summed E-state index contributed by atoms with van der Waals surface area (Å²) in [7, 11) is 2.03. The lowest BCUT2D eigenvalue weighted by Gasteiger charge is -2.19. The molecule has 8 heteroatoms. The van der Waals surface area contributed by atoms with Gasteiger partial charge in [-0.1, -0.05) is 32.4 Å². The highest BCUT2D eigenvalue weighted by molar-refractivity contribution is 6.07. The van der Waals surface area contributed by atoms with E-state index in [4.69, 9.17) is 5.41 Å². The van der Waals surface area contributed by atoms with Gasteiger partial charge < -0.3 is 20.7 Å². The fourth-order valence-corrected chi connectivity index (χ4v) is 4.91. The van der Waals surface area contributed by atoms with E-state index in [1.54, 1.807) is 12.4 Å². The quantitative estimate of drug-likeness (QED) is 0.237. The summed E-state index contributed by atoms with van der Waals surface area (Å²) in [4.78, 5) is 24.9. The Bertz CT molecular complexity index is 1440. The summed E-state index contributed by atoms with van der Waals surface area (Å²) in [6.45, 7) is 8.07. The highest BCUT2D eigenvalue weighted by Gasteiger charge is 2.23. The predicted octanol–water partition coefficient (Wildman–Crippen LogP) is 6.24. The molecule has 0 bridgehead atoms. The molecule has 1 atom stereocenters. The Morgan fingerprint density at radius 3 is 2.78 bits per heavy atom. The van der Waals surface area contributed by atoms with Gasteiger partial charge in [-0.15, -0.1) is 0 Å². The molecule has 0 saturated heterocycles. The molecule has 0 saturated carbocycles. The molecule has 0 fully saturated rings. The van der Waals surface area contributed by atoms with Crippen LogP contribution in [-0.4, -0.2) is 33.5 Å². The number of fused-ring (bicyclic) bond motifs is 2. The second-order valence-corrected chi connectivity index (χ2v) is 11.1. The molecule has 2 aliphatic rings. The topological polar surface area (TPSA) is 110 Å². The summed E-state index contributed by atoms with van der Waals surface area (Å²) in [6, 6.07) is 8.71. The average Bonchev–Trinajstić information content (AvgIpc) is 3.40. The molecule has 0 spiro atoms. The maximum absolute atomic E-state index is 12.4. The summed E-state index contributed by atoms with van der Waals surface area (Å²) in [6.07, 6.45) is 8.13. The Morgan fingerprint density at radius 2 is 2.05 bits per heavy atom. The number of anilines is 3. The molecular weight excluding hydrogens is 462 g/mol. The van der Waals surface area contributed by atoms with E-state index >= 15 is 0 Å². The number of allylic oxidation sites excluding steroid dienone is 4. The van der Waals surface area contributed by atoms with E-state index in [-0.39, 0.29) is 23.7 Å². The van der Waals surface area contributed by atoms with Gasteiger partial charge in [-0.25, -0.2) is 15.4 Å². The number of H-pyrrole nitrogens is 1. The number of aromatic amines is 1. The number of nitrogens with one attached hydrogen (secondary N) is 4. The summed E-state index contributed by atoms with van der Waals surface area (Å²) in [5, 5.41) is 14.6. The van der Waals surface area contributed by atoms with Crippen LogP contribution in [0.4, 0.5) is 17.2 Å². The summed E-state index contributed by atoms with van der Waals surface area (Å²) < 4.78 is 0. The van der Waals surface area contributed by atoms with E-state index in [2.05, 4.69) is 68.0 Å². The monoisotopic (exact) mass is 497 g/mol. The van der Waals surface area contributed by atoms with Crippen LogP contribution in [0.25, 0.3) is 16.6 Å². The molecule has 8 nitrogen and oxygen atoms in total. The van der Waals surface area contributed by atoms with Crippen molar-refractivity contribution in [3.05, 3.63) is 59.6 Å². The van der Waals surface area contributed by atoms with Crippen LogP contribution >= 0.6 is 0 Å². The molecule has 0 amide bonds. The minimum absolute atomic E-state index is 0.0201. The van der Waals surface area contributed by atoms with Crippen molar-refractivity contribution in [1.82, 2.24) is 20.4 Å². The number of hydrogen-bond donors (Lipinski definition) is 4. The van der Waals surface area contributed by atoms with Gasteiger partial charge in [-0.3, -0.25) is 4.79 Å². The van der Waals surface area contributed by atoms with Crippen LogP contribution in [0.1, 0.15) is 70.7 Å². The Labute approximate surface area is 217 Å². The smallest absolute Gasteiger partial charge is 0.161 e. The first kappa shape index (κ1) is 24.9. The zero-order valence-electron chi connectivity index (χ0n) is 22.2. The van der Waals surface area contributed by atoms with Crippen molar-refractivity contribution in [3.63, 3.8) is 0 Å². The van der Waals surface area contributed by atoms with Gasteiger partial charge in [0.25, 0.3) is 0 Å². The van der Waals surface area contributed by atoms with Crippen molar-refractivity contribution >= 4 is 45.3 Å². The maximum atomic E-state index is 12.4. The van der Waals surface area contributed by atoms with E-state index in [1.807, 2.05) is 27.8 Å². The minimum atomic E-state index is -0.271. The Kier molecular flexibility index (Phi) is 6.45. The number of carbonyl (C=O) groups is 1. The van der Waals surface area contributed by atoms with Crippen LogP contribution in [0.3, 0.4) is 0 Å². The van der Waals surface area contributed by atoms with Crippen LogP contribution in [0.15, 0.2) is 48.3 Å². The second kappa shape index (κ2) is 9.59. The molecule has 1 aromatic carbocycles. The third kappa shape index (κ3) is 5.20. The number of nitrogens with zero attached hydrogens (tertiary/aromatic N) is 3. The maximum Gasteiger partial charge on any atom is 0.161 e. The molecule has 4 N–H and O–H groups in total. The second-order valence-electron chi connectivity index (χ2n) is 11.1. The highest BCUT2D eigenvalue weighted by Crippen LogP contribution is 2.36. The van der Waals surface area contributed by atoms with E-state index < -0.39 is 0 Å². The standard InChI is InChI=1S/C29H35N7O/c1-17-22-13-20(10-11-25(22)36(5)35-17)33-27-23-15-24(34-28(23)32-16-31-27)19-8-6-18(7-9-19)12-21(37)14-26(30)29(2,3)4/h8,10-13,15-17,30,35H,6-7,9,14H2,1-5H3,(H2,31,32,33,34). The normalized spacial score (nSPS) is 18.7. The number of ketones is 1. The lowest BCUT2D eigenvalue weighted by Crippen LogP contribution is -2.28. The molecule has 5 rings (SSSR count). The van der Waals surface area contributed by atoms with Crippen molar-refractivity contribution in [1.29, 1.82) is 5.41 Å². The summed E-state index contributed by atoms with van der Waals surface area (Å²) >= 11 is 0. The van der Waals surface area contributed by atoms with Crippen LogP contribution in [0.5, 0.6) is 0 Å². The van der Waals surface area contributed by atoms with Gasteiger partial charge in [-0.2, -0.15) is 0 Å². The molecular formula is C29H35N7O. The van der Waals surface area contributed by atoms with Gasteiger partial charge in [0.15, 0.2) is 5.78 Å². The molecule has 1 unspecified atom stereocenters. The molecule has 0 radical (unpaired) electrons. The average molecular weight is 498 g/mol. The number of carbonyl (C=O) groups excluding carboxylic acids is 1. The predicted molar refractivity (Wildman–Crippen MR) is 150 cm³/mol. The van der Waals surface area contributed by atoms with Crippen molar-refractivity contribution in [2.75, 3.05) is 17.4 Å². The zero-order valence-corrected chi connectivity index (χ0v) is 22.2. The highest BCUT2D eigenvalue weighted by atomic mass is 16.1. The number of rotatable bonds is 6. The largest absolute Gasteiger partial charge is 0.340 e. The number of hydrogen-bond acceptors (Lipinski definition) is 7. The lowest BCUT2D eigenvalue weighted by molar-refractivity contribution is -0.113. The van der Waals surface area contributed by atoms with Crippen molar-refractivity contribution in [2.24, 2.45) is 5.41 Å². The Morgan fingerprint density at radius 1 is 1.24 bits per heavy atom. The fraction of sp³-hybridized carbons (Fsp3) is 0.379. The van der Waals surface area contributed by atoms with Crippen molar-refractivity contribution < 1.29 is 4.79 Å². The molecule has 1 aliphatic heterocycles. The van der Waals surface area contributed by atoms with Gasteiger partial charge in [0.05, 0.1) is 17.1 Å². The first-order valence-electron chi connectivity index (χ1n) is 12.8. The Balaban J connectivity index is 1.32. The SMILES string of the molecule is CC1NN(C)c2ccc(Nc3ncnc4[nH]c(C5=CCC(=CC(=O)CC(=N)C(C)(C)C)CC5)cc34)cc21. The third-order valence-corrected chi connectivity index (χ3v) is 7.22. The molecule has 1 aliphatic carbocycles. The van der Waals surface area contributed by atoms with Gasteiger partial charge in [0, 0.05) is 30.6 Å². The minimum Gasteiger partial charge on any atom is -0.340 e. The van der Waals surface area contributed by atoms with E-state index in [0.29, 0.717) is 5.71 Å². The van der Waals surface area contributed by atoms with Gasteiger partial charge in [0.2, 0.25) is 0 Å². The molecule has 192 valence electrons. The van der Waals surface area contributed by atoms with Crippen LogP contribution in [0.2, 0.25) is 0 Å². The molecule has 3 heterocycles. The first-order chi connectivity index (χ1) is 17.6. The molecule has 3 aromatic rings. The number of hydrazine groups is 1. The van der Waals surface area contributed by atoms with E-state index in [1.165, 1.54) is 16.8 Å². The van der Waals surface area contributed by atoms with Crippen LogP contribution in [0, 0.1) is 10.8 Å². The van der Waals surface area contributed by atoms with Crippen molar-refractivity contribution in [2.45, 2.75) is 59.4 Å². The molecule has 37 heavy (non-hydrogen) atoms. The van der Waals surface area contributed by atoms with E-state index in [0.717, 1.165) is 53.1 Å². The number of aromatic nitrogens is 3. The first-order valence-corrected chi connectivity index (χ1v) is 12.8. The lowest BCUT2D eigenvalue weighted by atomic mass is 9.86. The van der Waals surface area contributed by atoms with Gasteiger partial charge in [-0.05, 0) is 73.1 Å². The molecule has 2 aromatic heterocycles. The number of benzene rings is 1. The zero-order chi connectivity index (χ0) is 26.3. The van der Waals surface area contributed by atoms with E-state index in [9.17, 15) is 4.79 Å². The Hall–Kier alpha value is -3.78. The summed E-state index contributed by atoms with van der Waals surface area (Å²) in [5.41, 5.74) is 11.2. The fourth-order valence-electron chi connectivity index (χ4n) is 4.91. The van der Waals surface area contributed by atoms with Crippen LogP contribution < -0.4 is 15.8 Å². The summed E-state index contributed by atoms with van der Waals surface area (Å²) in [5.74, 6) is 0.787. The third-order valence-electron chi connectivity index (χ3n) is 7.22. The van der Waals surface area contributed by atoms with Gasteiger partial charge >= 0.3 is 0 Å². The van der Waals surface area contributed by atoms with Gasteiger partial charge in [0.1, 0.15) is 17.8 Å². The van der Waals surface area contributed by atoms with Crippen molar-refractivity contribution in [3.8, 4) is 0 Å². The van der Waals surface area contributed by atoms with Crippen LogP contribution in [-0.2, 0) is 4.79 Å².